The largest absolute Gasteiger partial charge is 0.368 e. The average molecular weight is 337 g/mol. The number of nitrogens with one attached hydrogen (secondary N) is 1. The van der Waals surface area contributed by atoms with Crippen LogP contribution in [0.4, 0.5) is 0 Å². The molecule has 2 aromatic carbocycles. The van der Waals surface area contributed by atoms with Crippen molar-refractivity contribution >= 4 is 23.2 Å². The van der Waals surface area contributed by atoms with E-state index in [4.69, 9.17) is 5.73 Å². The van der Waals surface area contributed by atoms with E-state index in [0.717, 1.165) is 11.3 Å². The van der Waals surface area contributed by atoms with Gasteiger partial charge in [0.25, 0.3) is 5.91 Å². The van der Waals surface area contributed by atoms with Gasteiger partial charge >= 0.3 is 0 Å². The second-order valence-corrected chi connectivity index (χ2v) is 5.89. The molecule has 0 aliphatic rings. The van der Waals surface area contributed by atoms with E-state index in [9.17, 15) is 9.59 Å². The van der Waals surface area contributed by atoms with Crippen LogP contribution in [0.5, 0.6) is 0 Å². The highest BCUT2D eigenvalue weighted by Crippen LogP contribution is 2.20. The maximum Gasteiger partial charge on any atom is 0.252 e. The lowest BCUT2D eigenvalue weighted by molar-refractivity contribution is -0.120. The number of carbonyl (C=O) groups is 2. The highest BCUT2D eigenvalue weighted by Gasteiger charge is 2.20. The van der Waals surface area contributed by atoms with Gasteiger partial charge < -0.3 is 11.1 Å². The lowest BCUT2D eigenvalue weighted by Crippen LogP contribution is -2.37. The van der Waals surface area contributed by atoms with Gasteiger partial charge in [0.15, 0.2) is 0 Å². The topological polar surface area (TPSA) is 85.1 Å². The zero-order valence-corrected chi connectivity index (χ0v) is 13.5. The molecule has 3 N–H and O–H groups in total. The van der Waals surface area contributed by atoms with Gasteiger partial charge in [0, 0.05) is 16.5 Å². The summed E-state index contributed by atoms with van der Waals surface area (Å²) in [6, 6.07) is 15.1. The fourth-order valence-corrected chi connectivity index (χ4v) is 2.89. The summed E-state index contributed by atoms with van der Waals surface area (Å²) in [5.74, 6) is -0.957. The van der Waals surface area contributed by atoms with E-state index in [2.05, 4.69) is 10.3 Å². The Bertz CT molecular complexity index is 830. The van der Waals surface area contributed by atoms with Crippen LogP contribution >= 0.6 is 11.3 Å². The predicted octanol–water partition coefficient (Wildman–Crippen LogP) is 2.77. The summed E-state index contributed by atoms with van der Waals surface area (Å²) < 4.78 is 0. The maximum atomic E-state index is 12.4. The van der Waals surface area contributed by atoms with Crippen LogP contribution in [-0.4, -0.2) is 16.8 Å². The smallest absolute Gasteiger partial charge is 0.252 e. The molecule has 0 fully saturated rings. The van der Waals surface area contributed by atoms with Gasteiger partial charge in [-0.15, -0.1) is 11.3 Å². The molecular formula is C18H15N3O2S. The van der Waals surface area contributed by atoms with Crippen LogP contribution in [0.2, 0.25) is 0 Å². The third-order valence-corrected chi connectivity index (χ3v) is 4.15. The number of nitrogens with zero attached hydrogens (tertiary/aromatic N) is 1. The van der Waals surface area contributed by atoms with Gasteiger partial charge in [-0.25, -0.2) is 4.98 Å². The number of nitrogens with two attached hydrogens (primary N) is 1. The molecule has 0 bridgehead atoms. The number of rotatable bonds is 5. The Morgan fingerprint density at radius 1 is 1.04 bits per heavy atom. The van der Waals surface area contributed by atoms with Crippen molar-refractivity contribution in [2.45, 2.75) is 6.04 Å². The van der Waals surface area contributed by atoms with E-state index < -0.39 is 11.9 Å². The maximum absolute atomic E-state index is 12.4. The number of aromatic nitrogens is 1. The van der Waals surface area contributed by atoms with Gasteiger partial charge in [0.2, 0.25) is 5.91 Å². The van der Waals surface area contributed by atoms with Gasteiger partial charge in [0.05, 0.1) is 11.2 Å². The molecule has 3 rings (SSSR count). The summed E-state index contributed by atoms with van der Waals surface area (Å²) in [5, 5.41) is 4.61. The van der Waals surface area contributed by atoms with E-state index in [1.54, 1.807) is 41.9 Å². The molecule has 0 radical (unpaired) electrons. The first kappa shape index (κ1) is 15.9. The molecule has 0 spiro atoms. The molecule has 6 heteroatoms. The first-order valence-electron chi connectivity index (χ1n) is 7.29. The fourth-order valence-electron chi connectivity index (χ4n) is 2.33. The van der Waals surface area contributed by atoms with Crippen molar-refractivity contribution < 1.29 is 9.59 Å². The Morgan fingerprint density at radius 3 is 2.33 bits per heavy atom. The van der Waals surface area contributed by atoms with Crippen LogP contribution < -0.4 is 11.1 Å². The van der Waals surface area contributed by atoms with Crippen molar-refractivity contribution in [3.8, 4) is 11.3 Å². The molecule has 0 saturated heterocycles. The van der Waals surface area contributed by atoms with Crippen molar-refractivity contribution in [3.05, 3.63) is 76.6 Å². The van der Waals surface area contributed by atoms with Crippen LogP contribution in [-0.2, 0) is 4.79 Å². The molecule has 120 valence electrons. The van der Waals surface area contributed by atoms with E-state index in [1.165, 1.54) is 11.3 Å². The number of thiazole rings is 1. The Labute approximate surface area is 143 Å². The van der Waals surface area contributed by atoms with E-state index >= 15 is 0 Å². The summed E-state index contributed by atoms with van der Waals surface area (Å²) in [6.45, 7) is 0. The summed E-state index contributed by atoms with van der Waals surface area (Å²) in [7, 11) is 0. The van der Waals surface area contributed by atoms with Gasteiger partial charge in [-0.2, -0.15) is 0 Å². The summed E-state index contributed by atoms with van der Waals surface area (Å²) in [4.78, 5) is 28.3. The predicted molar refractivity (Wildman–Crippen MR) is 93.4 cm³/mol. The zero-order chi connectivity index (χ0) is 16.9. The van der Waals surface area contributed by atoms with Crippen LogP contribution in [0.1, 0.15) is 22.0 Å². The zero-order valence-electron chi connectivity index (χ0n) is 12.7. The van der Waals surface area contributed by atoms with Gasteiger partial charge in [-0.05, 0) is 17.7 Å². The summed E-state index contributed by atoms with van der Waals surface area (Å²) >= 11 is 1.51. The molecule has 0 unspecified atom stereocenters. The molecule has 0 aliphatic carbocycles. The van der Waals surface area contributed by atoms with Crippen LogP contribution in [0.3, 0.4) is 0 Å². The lowest BCUT2D eigenvalue weighted by atomic mass is 10.0. The molecule has 2 amide bonds. The minimum atomic E-state index is -0.864. The molecule has 3 aromatic rings. The highest BCUT2D eigenvalue weighted by atomic mass is 32.1. The second-order valence-electron chi connectivity index (χ2n) is 5.17. The van der Waals surface area contributed by atoms with E-state index in [0.29, 0.717) is 11.1 Å². The highest BCUT2D eigenvalue weighted by molar-refractivity contribution is 7.07. The van der Waals surface area contributed by atoms with Crippen LogP contribution in [0.25, 0.3) is 11.3 Å². The fraction of sp³-hybridized carbons (Fsp3) is 0.0556. The quantitative estimate of drug-likeness (QED) is 0.751. The second kappa shape index (κ2) is 7.06. The number of amides is 2. The van der Waals surface area contributed by atoms with E-state index in [1.807, 2.05) is 23.6 Å². The molecule has 5 nitrogen and oxygen atoms in total. The van der Waals surface area contributed by atoms with Gasteiger partial charge in [-0.1, -0.05) is 42.5 Å². The standard InChI is InChI=1S/C18H15N3O2S/c19-17(22)16(13-4-2-1-3-5-13)21-18(23)14-8-6-12(7-9-14)15-10-24-11-20-15/h1-11,16H,(H2,19,22)(H,21,23)/t16-/m1/s1. The number of benzene rings is 2. The number of primary amides is 1. The van der Waals surface area contributed by atoms with Crippen molar-refractivity contribution in [1.29, 1.82) is 0 Å². The number of hydrogen-bond acceptors (Lipinski definition) is 4. The molecule has 1 aromatic heterocycles. The van der Waals surface area contributed by atoms with Crippen molar-refractivity contribution in [1.82, 2.24) is 10.3 Å². The Balaban J connectivity index is 1.77. The van der Waals surface area contributed by atoms with Crippen molar-refractivity contribution in [2.75, 3.05) is 0 Å². The Morgan fingerprint density at radius 2 is 1.75 bits per heavy atom. The van der Waals surface area contributed by atoms with Gasteiger partial charge in [0.1, 0.15) is 6.04 Å². The molecule has 1 heterocycles. The first-order valence-corrected chi connectivity index (χ1v) is 8.23. The molecular weight excluding hydrogens is 322 g/mol. The molecule has 1 atom stereocenters. The average Bonchev–Trinajstić information content (AvgIpc) is 3.15. The van der Waals surface area contributed by atoms with Crippen molar-refractivity contribution in [3.63, 3.8) is 0 Å². The summed E-state index contributed by atoms with van der Waals surface area (Å²) in [6.07, 6.45) is 0. The minimum absolute atomic E-state index is 0.354. The Hall–Kier alpha value is -2.99. The molecule has 0 aliphatic heterocycles. The lowest BCUT2D eigenvalue weighted by Gasteiger charge is -2.16. The summed E-state index contributed by atoms with van der Waals surface area (Å²) in [5.41, 5.74) is 10.1. The third kappa shape index (κ3) is 3.49. The first-order chi connectivity index (χ1) is 11.6. The van der Waals surface area contributed by atoms with Crippen LogP contribution in [0.15, 0.2) is 65.5 Å². The van der Waals surface area contributed by atoms with Crippen molar-refractivity contribution in [2.24, 2.45) is 5.73 Å². The van der Waals surface area contributed by atoms with Crippen LogP contribution in [0, 0.1) is 0 Å². The monoisotopic (exact) mass is 337 g/mol. The molecule has 24 heavy (non-hydrogen) atoms. The number of hydrogen-bond donors (Lipinski definition) is 2. The van der Waals surface area contributed by atoms with Gasteiger partial charge in [-0.3, -0.25) is 9.59 Å². The SMILES string of the molecule is NC(=O)[C@H](NC(=O)c1ccc(-c2cscn2)cc1)c1ccccc1. The minimum Gasteiger partial charge on any atom is -0.368 e. The Kier molecular flexibility index (Phi) is 4.67. The third-order valence-electron chi connectivity index (χ3n) is 3.57. The number of carbonyl (C=O) groups excluding carboxylic acids is 2. The normalized spacial score (nSPS) is 11.7. The molecule has 0 saturated carbocycles. The van der Waals surface area contributed by atoms with E-state index in [-0.39, 0.29) is 5.91 Å².